The molecule has 3 amide bonds. The third-order valence-electron chi connectivity index (χ3n) is 5.94. The Labute approximate surface area is 254 Å². The number of rotatable bonds is 11. The van der Waals surface area contributed by atoms with E-state index < -0.39 is 17.1 Å². The zero-order valence-corrected chi connectivity index (χ0v) is 24.7. The number of hydrogen-bond donors (Lipinski definition) is 3. The molecule has 0 aliphatic carbocycles. The molecular weight excluding hydrogens is 570 g/mol. The fourth-order valence-electron chi connectivity index (χ4n) is 3.84. The van der Waals surface area contributed by atoms with Crippen LogP contribution in [0, 0.1) is 0 Å². The average molecular weight is 600 g/mol. The standard InChI is InChI=1S/C33H30ClN3O4S/c1-3-41-26-18-16-23(17-19-26)20-30(37-32(39)24-10-5-4-6-11-24)33(40)35-25-12-9-13-27(21-25)42-22(2)31(38)36-29-15-8-7-14-28(29)34/h4-22H,3H2,1-2H3,(H,35,40)(H,36,38)(H,37,39)/b30-20+. The third-order valence-corrected chi connectivity index (χ3v) is 7.36. The zero-order chi connectivity index (χ0) is 29.9. The number of benzene rings is 4. The van der Waals surface area contributed by atoms with Crippen molar-refractivity contribution in [1.29, 1.82) is 0 Å². The maximum absolute atomic E-state index is 13.4. The van der Waals surface area contributed by atoms with Crippen LogP contribution in [-0.2, 0) is 9.59 Å². The summed E-state index contributed by atoms with van der Waals surface area (Å²) in [6, 6.07) is 30.1. The van der Waals surface area contributed by atoms with E-state index in [9.17, 15) is 14.4 Å². The minimum absolute atomic E-state index is 0.0681. The van der Waals surface area contributed by atoms with Crippen molar-refractivity contribution in [1.82, 2.24) is 5.32 Å². The van der Waals surface area contributed by atoms with E-state index in [1.807, 2.05) is 19.1 Å². The van der Waals surface area contributed by atoms with Gasteiger partial charge < -0.3 is 20.7 Å². The molecule has 4 aromatic rings. The molecule has 0 aromatic heterocycles. The lowest BCUT2D eigenvalue weighted by Crippen LogP contribution is -2.30. The molecule has 42 heavy (non-hydrogen) atoms. The summed E-state index contributed by atoms with van der Waals surface area (Å²) in [5.74, 6) is -0.407. The molecule has 1 unspecified atom stereocenters. The smallest absolute Gasteiger partial charge is 0.272 e. The van der Waals surface area contributed by atoms with Gasteiger partial charge in [-0.05, 0) is 80.1 Å². The van der Waals surface area contributed by atoms with Crippen LogP contribution >= 0.6 is 23.4 Å². The number of halogens is 1. The predicted octanol–water partition coefficient (Wildman–Crippen LogP) is 7.27. The first-order valence-corrected chi connectivity index (χ1v) is 14.5. The molecule has 9 heteroatoms. The van der Waals surface area contributed by atoms with Crippen molar-refractivity contribution < 1.29 is 19.1 Å². The quantitative estimate of drug-likeness (QED) is 0.124. The Hall–Kier alpha value is -4.53. The van der Waals surface area contributed by atoms with E-state index in [1.165, 1.54) is 11.8 Å². The van der Waals surface area contributed by atoms with Crippen LogP contribution in [0.1, 0.15) is 29.8 Å². The van der Waals surface area contributed by atoms with E-state index in [-0.39, 0.29) is 11.6 Å². The van der Waals surface area contributed by atoms with E-state index in [0.717, 1.165) is 4.90 Å². The lowest BCUT2D eigenvalue weighted by Gasteiger charge is -2.14. The van der Waals surface area contributed by atoms with Crippen molar-refractivity contribution in [2.75, 3.05) is 17.2 Å². The van der Waals surface area contributed by atoms with Crippen LogP contribution in [0.25, 0.3) is 6.08 Å². The molecule has 0 fully saturated rings. The second-order valence-electron chi connectivity index (χ2n) is 9.09. The van der Waals surface area contributed by atoms with Gasteiger partial charge in [0.25, 0.3) is 11.8 Å². The Kier molecular flexibility index (Phi) is 10.8. The molecule has 3 N–H and O–H groups in total. The minimum Gasteiger partial charge on any atom is -0.494 e. The molecule has 0 saturated heterocycles. The van der Waals surface area contributed by atoms with Crippen LogP contribution < -0.4 is 20.7 Å². The van der Waals surface area contributed by atoms with Gasteiger partial charge in [0.2, 0.25) is 5.91 Å². The molecule has 4 aromatic carbocycles. The highest BCUT2D eigenvalue weighted by Crippen LogP contribution is 2.28. The molecule has 4 rings (SSSR count). The van der Waals surface area contributed by atoms with Gasteiger partial charge in [0.15, 0.2) is 0 Å². The number of hydrogen-bond acceptors (Lipinski definition) is 5. The average Bonchev–Trinajstić information content (AvgIpc) is 2.99. The summed E-state index contributed by atoms with van der Waals surface area (Å²) in [5, 5.41) is 8.47. The van der Waals surface area contributed by atoms with E-state index in [2.05, 4.69) is 16.0 Å². The van der Waals surface area contributed by atoms with Gasteiger partial charge in [0, 0.05) is 16.1 Å². The zero-order valence-electron chi connectivity index (χ0n) is 23.1. The second-order valence-corrected chi connectivity index (χ2v) is 10.9. The molecule has 0 spiro atoms. The number of carbonyl (C=O) groups is 3. The Morgan fingerprint density at radius 3 is 2.31 bits per heavy atom. The Morgan fingerprint density at radius 2 is 1.60 bits per heavy atom. The summed E-state index contributed by atoms with van der Waals surface area (Å²) in [7, 11) is 0. The largest absolute Gasteiger partial charge is 0.494 e. The van der Waals surface area contributed by atoms with Crippen LogP contribution in [0.2, 0.25) is 5.02 Å². The SMILES string of the molecule is CCOc1ccc(/C=C(/NC(=O)c2ccccc2)C(=O)Nc2cccc(SC(C)C(=O)Nc3ccccc3Cl)c2)cc1. The number of carbonyl (C=O) groups excluding carboxylic acids is 3. The lowest BCUT2D eigenvalue weighted by atomic mass is 10.1. The molecule has 0 saturated carbocycles. The van der Waals surface area contributed by atoms with Crippen molar-refractivity contribution >= 4 is 58.5 Å². The highest BCUT2D eigenvalue weighted by atomic mass is 35.5. The summed E-state index contributed by atoms with van der Waals surface area (Å²) in [6.07, 6.45) is 1.60. The third kappa shape index (κ3) is 8.73. The van der Waals surface area contributed by atoms with Gasteiger partial charge >= 0.3 is 0 Å². The van der Waals surface area contributed by atoms with Crippen LogP contribution in [0.4, 0.5) is 11.4 Å². The number of anilines is 2. The summed E-state index contributed by atoms with van der Waals surface area (Å²) >= 11 is 7.51. The first kappa shape index (κ1) is 30.4. The van der Waals surface area contributed by atoms with E-state index in [1.54, 1.807) is 104 Å². The van der Waals surface area contributed by atoms with Crippen molar-refractivity contribution in [3.05, 3.63) is 125 Å². The van der Waals surface area contributed by atoms with Crippen molar-refractivity contribution in [2.45, 2.75) is 24.0 Å². The van der Waals surface area contributed by atoms with Gasteiger partial charge in [-0.1, -0.05) is 60.1 Å². The molecule has 7 nitrogen and oxygen atoms in total. The first-order valence-electron chi connectivity index (χ1n) is 13.3. The van der Waals surface area contributed by atoms with Crippen molar-refractivity contribution in [3.63, 3.8) is 0 Å². The van der Waals surface area contributed by atoms with Crippen LogP contribution in [0.3, 0.4) is 0 Å². The Morgan fingerprint density at radius 1 is 0.881 bits per heavy atom. The molecule has 0 bridgehead atoms. The first-order chi connectivity index (χ1) is 20.3. The second kappa shape index (κ2) is 14.9. The Balaban J connectivity index is 1.49. The van der Waals surface area contributed by atoms with Crippen LogP contribution in [0.15, 0.2) is 114 Å². The normalized spacial score (nSPS) is 11.7. The molecule has 0 radical (unpaired) electrons. The number of ether oxygens (including phenoxy) is 1. The summed E-state index contributed by atoms with van der Waals surface area (Å²) in [4.78, 5) is 39.9. The molecule has 1 atom stereocenters. The molecule has 0 aliphatic heterocycles. The minimum atomic E-state index is -0.500. The maximum atomic E-state index is 13.4. The summed E-state index contributed by atoms with van der Waals surface area (Å²) in [6.45, 7) is 4.23. The molecule has 214 valence electrons. The fraction of sp³-hybridized carbons (Fsp3) is 0.121. The van der Waals surface area contributed by atoms with E-state index in [4.69, 9.17) is 16.3 Å². The molecular formula is C33H30ClN3O4S. The topological polar surface area (TPSA) is 96.5 Å². The lowest BCUT2D eigenvalue weighted by molar-refractivity contribution is -0.115. The van der Waals surface area contributed by atoms with Gasteiger partial charge in [-0.15, -0.1) is 11.8 Å². The monoisotopic (exact) mass is 599 g/mol. The predicted molar refractivity (Wildman–Crippen MR) is 170 cm³/mol. The Bertz CT molecular complexity index is 1580. The highest BCUT2D eigenvalue weighted by Gasteiger charge is 2.18. The van der Waals surface area contributed by atoms with Gasteiger partial charge in [0.05, 0.1) is 22.6 Å². The van der Waals surface area contributed by atoms with Crippen LogP contribution in [-0.4, -0.2) is 29.6 Å². The van der Waals surface area contributed by atoms with Gasteiger partial charge in [-0.25, -0.2) is 0 Å². The molecule has 0 heterocycles. The number of para-hydroxylation sites is 1. The van der Waals surface area contributed by atoms with Crippen molar-refractivity contribution in [2.24, 2.45) is 0 Å². The van der Waals surface area contributed by atoms with Gasteiger partial charge in [-0.3, -0.25) is 14.4 Å². The maximum Gasteiger partial charge on any atom is 0.272 e. The van der Waals surface area contributed by atoms with Gasteiger partial charge in [-0.2, -0.15) is 0 Å². The summed E-state index contributed by atoms with van der Waals surface area (Å²) < 4.78 is 5.50. The number of nitrogens with one attached hydrogen (secondary N) is 3. The number of thioether (sulfide) groups is 1. The van der Waals surface area contributed by atoms with Crippen molar-refractivity contribution in [3.8, 4) is 5.75 Å². The highest BCUT2D eigenvalue weighted by molar-refractivity contribution is 8.00. The fourth-order valence-corrected chi connectivity index (χ4v) is 4.95. The van der Waals surface area contributed by atoms with Gasteiger partial charge in [0.1, 0.15) is 11.4 Å². The molecule has 0 aliphatic rings. The van der Waals surface area contributed by atoms with E-state index >= 15 is 0 Å². The van der Waals surface area contributed by atoms with E-state index in [0.29, 0.717) is 39.9 Å². The number of amides is 3. The summed E-state index contributed by atoms with van der Waals surface area (Å²) in [5.41, 5.74) is 2.25. The van der Waals surface area contributed by atoms with Crippen LogP contribution in [0.5, 0.6) is 5.75 Å².